The van der Waals surface area contributed by atoms with Crippen molar-refractivity contribution in [3.63, 3.8) is 0 Å². The molecule has 2 N–H and O–H groups in total. The van der Waals surface area contributed by atoms with E-state index in [9.17, 15) is 0 Å². The number of ether oxygens (including phenoxy) is 3. The molecule has 3 aromatic rings. The molecule has 0 amide bonds. The normalized spacial score (nSPS) is 15.5. The van der Waals surface area contributed by atoms with Crippen molar-refractivity contribution in [2.45, 2.75) is 12.7 Å². The van der Waals surface area contributed by atoms with Crippen molar-refractivity contribution in [2.24, 2.45) is 5.73 Å². The van der Waals surface area contributed by atoms with Gasteiger partial charge in [-0.15, -0.1) is 0 Å². The molecule has 0 fully saturated rings. The number of pyridine rings is 1. The largest absolute Gasteiger partial charge is 0.487 e. The Morgan fingerprint density at radius 1 is 1.04 bits per heavy atom. The molecule has 26 heavy (non-hydrogen) atoms. The smallest absolute Gasteiger partial charge is 0.171 e. The number of aromatic nitrogens is 1. The number of hydrogen-bond acceptors (Lipinski definition) is 5. The summed E-state index contributed by atoms with van der Waals surface area (Å²) in [7, 11) is 0. The van der Waals surface area contributed by atoms with E-state index in [1.807, 2.05) is 60.7 Å². The molecule has 1 unspecified atom stereocenters. The number of rotatable bonds is 5. The zero-order valence-corrected chi connectivity index (χ0v) is 14.3. The zero-order valence-electron chi connectivity index (χ0n) is 14.3. The van der Waals surface area contributed by atoms with Gasteiger partial charge in [0.1, 0.15) is 25.1 Å². The molecule has 0 spiro atoms. The minimum absolute atomic E-state index is 0.142. The summed E-state index contributed by atoms with van der Waals surface area (Å²) in [4.78, 5) is 4.53. The monoisotopic (exact) mass is 348 g/mol. The Hall–Kier alpha value is -3.05. The van der Waals surface area contributed by atoms with E-state index in [1.54, 1.807) is 6.20 Å². The number of benzene rings is 2. The van der Waals surface area contributed by atoms with Gasteiger partial charge in [-0.3, -0.25) is 4.98 Å². The first-order valence-corrected chi connectivity index (χ1v) is 8.59. The standard InChI is InChI=1S/C21H20N2O3/c22-11-17-14-25-20-8-4-7-18(21(20)26-17)19-10-9-16(12-23-19)24-13-15-5-2-1-3-6-15/h1-10,12,17H,11,13-14,22H2. The van der Waals surface area contributed by atoms with Gasteiger partial charge in [-0.1, -0.05) is 36.4 Å². The maximum Gasteiger partial charge on any atom is 0.171 e. The maximum absolute atomic E-state index is 5.98. The summed E-state index contributed by atoms with van der Waals surface area (Å²) in [6.45, 7) is 1.39. The lowest BCUT2D eigenvalue weighted by molar-refractivity contribution is 0.0976. The molecular formula is C21H20N2O3. The first kappa shape index (κ1) is 16.4. The van der Waals surface area contributed by atoms with Gasteiger partial charge in [0.25, 0.3) is 0 Å². The third-order valence-corrected chi connectivity index (χ3v) is 4.21. The second-order valence-electron chi connectivity index (χ2n) is 6.07. The third kappa shape index (κ3) is 3.48. The summed E-state index contributed by atoms with van der Waals surface area (Å²) in [5.74, 6) is 2.14. The average molecular weight is 348 g/mol. The minimum Gasteiger partial charge on any atom is -0.487 e. The molecule has 5 nitrogen and oxygen atoms in total. The van der Waals surface area contributed by atoms with Gasteiger partial charge in [0.05, 0.1) is 11.9 Å². The lowest BCUT2D eigenvalue weighted by Crippen LogP contribution is -2.35. The Morgan fingerprint density at radius 3 is 2.69 bits per heavy atom. The summed E-state index contributed by atoms with van der Waals surface area (Å²) >= 11 is 0. The molecule has 1 aliphatic heterocycles. The van der Waals surface area contributed by atoms with Gasteiger partial charge in [-0.2, -0.15) is 0 Å². The van der Waals surface area contributed by atoms with Crippen LogP contribution in [0.15, 0.2) is 66.9 Å². The van der Waals surface area contributed by atoms with Crippen LogP contribution >= 0.6 is 0 Å². The van der Waals surface area contributed by atoms with Gasteiger partial charge in [0.2, 0.25) is 0 Å². The topological polar surface area (TPSA) is 66.6 Å². The molecule has 4 rings (SSSR count). The van der Waals surface area contributed by atoms with E-state index in [0.717, 1.165) is 28.3 Å². The number of hydrogen-bond donors (Lipinski definition) is 1. The van der Waals surface area contributed by atoms with Crippen LogP contribution in [0.5, 0.6) is 17.2 Å². The van der Waals surface area contributed by atoms with E-state index in [4.69, 9.17) is 19.9 Å². The molecule has 0 aliphatic carbocycles. The summed E-state index contributed by atoms with van der Waals surface area (Å²) in [6, 6.07) is 19.7. The fourth-order valence-corrected chi connectivity index (χ4v) is 2.82. The van der Waals surface area contributed by atoms with Gasteiger partial charge < -0.3 is 19.9 Å². The summed E-state index contributed by atoms with van der Waals surface area (Å²) in [5.41, 5.74) is 8.52. The molecule has 0 saturated heterocycles. The molecule has 1 atom stereocenters. The number of para-hydroxylation sites is 1. The maximum atomic E-state index is 5.98. The van der Waals surface area contributed by atoms with Gasteiger partial charge in [-0.25, -0.2) is 0 Å². The molecule has 132 valence electrons. The number of fused-ring (bicyclic) bond motifs is 1. The fraction of sp³-hybridized carbons (Fsp3) is 0.190. The van der Waals surface area contributed by atoms with E-state index >= 15 is 0 Å². The van der Waals surface area contributed by atoms with E-state index in [-0.39, 0.29) is 6.10 Å². The zero-order chi connectivity index (χ0) is 17.8. The van der Waals surface area contributed by atoms with Crippen LogP contribution in [-0.4, -0.2) is 24.2 Å². The van der Waals surface area contributed by atoms with Crippen LogP contribution in [0.4, 0.5) is 0 Å². The van der Waals surface area contributed by atoms with Crippen LogP contribution in [0.25, 0.3) is 11.3 Å². The van der Waals surface area contributed by atoms with Crippen molar-refractivity contribution < 1.29 is 14.2 Å². The Balaban J connectivity index is 1.52. The van der Waals surface area contributed by atoms with E-state index in [0.29, 0.717) is 25.5 Å². The fourth-order valence-electron chi connectivity index (χ4n) is 2.82. The lowest BCUT2D eigenvalue weighted by atomic mass is 10.1. The molecule has 1 aromatic heterocycles. The highest BCUT2D eigenvalue weighted by molar-refractivity contribution is 5.71. The first-order chi connectivity index (χ1) is 12.8. The summed E-state index contributed by atoms with van der Waals surface area (Å²) in [6.07, 6.45) is 1.58. The first-order valence-electron chi connectivity index (χ1n) is 8.59. The number of nitrogens with zero attached hydrogens (tertiary/aromatic N) is 1. The van der Waals surface area contributed by atoms with Crippen molar-refractivity contribution >= 4 is 0 Å². The highest BCUT2D eigenvalue weighted by Crippen LogP contribution is 2.40. The highest BCUT2D eigenvalue weighted by Gasteiger charge is 2.23. The van der Waals surface area contributed by atoms with Crippen molar-refractivity contribution in [1.29, 1.82) is 0 Å². The molecule has 5 heteroatoms. The third-order valence-electron chi connectivity index (χ3n) is 4.21. The second-order valence-corrected chi connectivity index (χ2v) is 6.07. The van der Waals surface area contributed by atoms with Crippen LogP contribution in [-0.2, 0) is 6.61 Å². The molecule has 0 saturated carbocycles. The van der Waals surface area contributed by atoms with E-state index < -0.39 is 0 Å². The second kappa shape index (κ2) is 7.45. The molecule has 0 bridgehead atoms. The Labute approximate surface area is 152 Å². The van der Waals surface area contributed by atoms with Gasteiger partial charge in [0, 0.05) is 12.1 Å². The lowest BCUT2D eigenvalue weighted by Gasteiger charge is -2.27. The molecule has 1 aliphatic rings. The van der Waals surface area contributed by atoms with E-state index in [1.165, 1.54) is 0 Å². The molecule has 2 heterocycles. The molecule has 2 aromatic carbocycles. The Morgan fingerprint density at radius 2 is 1.92 bits per heavy atom. The summed E-state index contributed by atoms with van der Waals surface area (Å²) < 4.78 is 17.5. The van der Waals surface area contributed by atoms with Gasteiger partial charge in [0.15, 0.2) is 11.5 Å². The summed E-state index contributed by atoms with van der Waals surface area (Å²) in [5, 5.41) is 0. The molecular weight excluding hydrogens is 328 g/mol. The number of nitrogens with two attached hydrogens (primary N) is 1. The van der Waals surface area contributed by atoms with Crippen molar-refractivity contribution in [3.8, 4) is 28.5 Å². The average Bonchev–Trinajstić information content (AvgIpc) is 2.72. The van der Waals surface area contributed by atoms with Gasteiger partial charge >= 0.3 is 0 Å². The molecule has 0 radical (unpaired) electrons. The highest BCUT2D eigenvalue weighted by atomic mass is 16.6. The SMILES string of the molecule is NCC1COc2cccc(-c3ccc(OCc4ccccc4)cn3)c2O1. The van der Waals surface area contributed by atoms with Crippen LogP contribution in [0, 0.1) is 0 Å². The van der Waals surface area contributed by atoms with Crippen LogP contribution in [0.1, 0.15) is 5.56 Å². The Bertz CT molecular complexity index is 866. The quantitative estimate of drug-likeness (QED) is 0.765. The van der Waals surface area contributed by atoms with Crippen molar-refractivity contribution in [3.05, 3.63) is 72.4 Å². The van der Waals surface area contributed by atoms with Gasteiger partial charge in [-0.05, 0) is 29.8 Å². The van der Waals surface area contributed by atoms with E-state index in [2.05, 4.69) is 4.98 Å². The van der Waals surface area contributed by atoms with Crippen LogP contribution in [0.2, 0.25) is 0 Å². The predicted molar refractivity (Wildman–Crippen MR) is 99.4 cm³/mol. The minimum atomic E-state index is -0.142. The van der Waals surface area contributed by atoms with Crippen LogP contribution < -0.4 is 19.9 Å². The van der Waals surface area contributed by atoms with Crippen LogP contribution in [0.3, 0.4) is 0 Å². The van der Waals surface area contributed by atoms with Crippen molar-refractivity contribution in [1.82, 2.24) is 4.98 Å². The van der Waals surface area contributed by atoms with Crippen molar-refractivity contribution in [2.75, 3.05) is 13.2 Å². The Kier molecular flexibility index (Phi) is 4.71. The predicted octanol–water partition coefficient (Wildman–Crippen LogP) is 3.43.